The van der Waals surface area contributed by atoms with Crippen LogP contribution in [0.3, 0.4) is 0 Å². The van der Waals surface area contributed by atoms with Gasteiger partial charge in [-0.2, -0.15) is 8.42 Å². The maximum atomic E-state index is 11.7. The molecule has 4 aromatic carbocycles. The monoisotopic (exact) mass is 532 g/mol. The van der Waals surface area contributed by atoms with E-state index in [4.69, 9.17) is 8.97 Å². The standard InChI is InChI=1S/C27H20N2O6S2/c1-36(30,31)24-14-10-20(11-15-24)18-2-6-22(7-3-18)26-28-29-27(35-26)23-8-4-19(5-9-23)21-12-16-25(17-13-21)37(32,33)34/h2-17H,1H3,(H,32,33,34). The van der Waals surface area contributed by atoms with Crippen LogP contribution in [0.25, 0.3) is 45.2 Å². The molecule has 0 atom stereocenters. The van der Waals surface area contributed by atoms with Gasteiger partial charge < -0.3 is 4.42 Å². The van der Waals surface area contributed by atoms with Gasteiger partial charge in [0.2, 0.25) is 11.8 Å². The molecule has 0 radical (unpaired) electrons. The molecule has 5 rings (SSSR count). The molecule has 0 saturated heterocycles. The Hall–Kier alpha value is -4.12. The van der Waals surface area contributed by atoms with Crippen LogP contribution >= 0.6 is 0 Å². The minimum Gasteiger partial charge on any atom is -0.416 e. The molecule has 0 bridgehead atoms. The molecule has 0 saturated carbocycles. The second kappa shape index (κ2) is 9.40. The first-order valence-electron chi connectivity index (χ1n) is 11.0. The molecule has 0 amide bonds. The van der Waals surface area contributed by atoms with Crippen molar-refractivity contribution in [3.8, 4) is 45.2 Å². The Morgan fingerprint density at radius 2 is 0.811 bits per heavy atom. The maximum absolute atomic E-state index is 11.7. The fraction of sp³-hybridized carbons (Fsp3) is 0.0370. The van der Waals surface area contributed by atoms with Crippen molar-refractivity contribution < 1.29 is 25.8 Å². The SMILES string of the molecule is CS(=O)(=O)c1ccc(-c2ccc(-c3nnc(-c4ccc(-c5ccc(S(=O)(=O)O)cc5)cc4)o3)cc2)cc1. The molecule has 0 aliphatic heterocycles. The Morgan fingerprint density at radius 3 is 1.14 bits per heavy atom. The van der Waals surface area contributed by atoms with E-state index in [1.54, 1.807) is 36.4 Å². The lowest BCUT2D eigenvalue weighted by Gasteiger charge is -2.04. The Bertz CT molecular complexity index is 1640. The van der Waals surface area contributed by atoms with Crippen LogP contribution in [0, 0.1) is 0 Å². The maximum Gasteiger partial charge on any atom is 0.294 e. The lowest BCUT2D eigenvalue weighted by atomic mass is 10.0. The van der Waals surface area contributed by atoms with Gasteiger partial charge in [-0.1, -0.05) is 48.5 Å². The third kappa shape index (κ3) is 5.36. The van der Waals surface area contributed by atoms with Crippen molar-refractivity contribution in [3.05, 3.63) is 97.1 Å². The van der Waals surface area contributed by atoms with Gasteiger partial charge in [0.25, 0.3) is 10.1 Å². The zero-order chi connectivity index (χ0) is 26.2. The van der Waals surface area contributed by atoms with Gasteiger partial charge in [-0.25, -0.2) is 8.42 Å². The molecule has 8 nitrogen and oxygen atoms in total. The van der Waals surface area contributed by atoms with E-state index < -0.39 is 20.0 Å². The summed E-state index contributed by atoms with van der Waals surface area (Å²) in [5.41, 5.74) is 4.91. The molecule has 1 aromatic heterocycles. The highest BCUT2D eigenvalue weighted by molar-refractivity contribution is 7.90. The lowest BCUT2D eigenvalue weighted by molar-refractivity contribution is 0.483. The molecule has 1 N–H and O–H groups in total. The summed E-state index contributed by atoms with van der Waals surface area (Å²) in [7, 11) is -7.48. The number of benzene rings is 4. The fourth-order valence-corrected chi connectivity index (χ4v) is 4.89. The van der Waals surface area contributed by atoms with E-state index in [1.807, 2.05) is 48.5 Å². The molecule has 186 valence electrons. The van der Waals surface area contributed by atoms with Crippen LogP contribution in [0.4, 0.5) is 0 Å². The Balaban J connectivity index is 1.32. The van der Waals surface area contributed by atoms with E-state index in [0.717, 1.165) is 33.4 Å². The number of nitrogens with zero attached hydrogens (tertiary/aromatic N) is 2. The predicted molar refractivity (Wildman–Crippen MR) is 139 cm³/mol. The molecule has 0 spiro atoms. The topological polar surface area (TPSA) is 127 Å². The third-order valence-electron chi connectivity index (χ3n) is 5.79. The molecule has 37 heavy (non-hydrogen) atoms. The Labute approximate surface area is 213 Å². The summed E-state index contributed by atoms with van der Waals surface area (Å²) in [6.45, 7) is 0. The van der Waals surface area contributed by atoms with Crippen LogP contribution in [0.2, 0.25) is 0 Å². The summed E-state index contributed by atoms with van der Waals surface area (Å²) in [6, 6.07) is 27.5. The van der Waals surface area contributed by atoms with Crippen LogP contribution in [-0.2, 0) is 20.0 Å². The van der Waals surface area contributed by atoms with E-state index in [9.17, 15) is 16.8 Å². The van der Waals surface area contributed by atoms with Crippen LogP contribution in [0.1, 0.15) is 0 Å². The Kier molecular flexibility index (Phi) is 6.24. The molecular weight excluding hydrogens is 512 g/mol. The second-order valence-corrected chi connectivity index (χ2v) is 11.8. The quantitative estimate of drug-likeness (QED) is 0.289. The average molecular weight is 533 g/mol. The molecule has 0 fully saturated rings. The van der Waals surface area contributed by atoms with Crippen molar-refractivity contribution in [1.82, 2.24) is 10.2 Å². The van der Waals surface area contributed by atoms with Crippen molar-refractivity contribution in [3.63, 3.8) is 0 Å². The van der Waals surface area contributed by atoms with Crippen LogP contribution in [-0.4, -0.2) is 37.8 Å². The van der Waals surface area contributed by atoms with Gasteiger partial charge in [-0.3, -0.25) is 4.55 Å². The lowest BCUT2D eigenvalue weighted by Crippen LogP contribution is -1.97. The Morgan fingerprint density at radius 1 is 0.514 bits per heavy atom. The number of hydrogen-bond acceptors (Lipinski definition) is 7. The van der Waals surface area contributed by atoms with E-state index >= 15 is 0 Å². The molecular formula is C27H20N2O6S2. The zero-order valence-electron chi connectivity index (χ0n) is 19.4. The predicted octanol–water partition coefficient (Wildman–Crippen LogP) is 5.39. The molecule has 5 aromatic rings. The minimum absolute atomic E-state index is 0.163. The molecule has 0 aliphatic rings. The van der Waals surface area contributed by atoms with Crippen molar-refractivity contribution in [2.45, 2.75) is 9.79 Å². The smallest absolute Gasteiger partial charge is 0.294 e. The zero-order valence-corrected chi connectivity index (χ0v) is 21.1. The van der Waals surface area contributed by atoms with Gasteiger partial charge in [-0.05, 0) is 70.8 Å². The fourth-order valence-electron chi connectivity index (χ4n) is 3.78. The second-order valence-electron chi connectivity index (χ2n) is 8.36. The number of hydrogen-bond donors (Lipinski definition) is 1. The first-order valence-corrected chi connectivity index (χ1v) is 14.3. The largest absolute Gasteiger partial charge is 0.416 e. The van der Waals surface area contributed by atoms with Crippen LogP contribution < -0.4 is 0 Å². The van der Waals surface area contributed by atoms with Crippen LogP contribution in [0.5, 0.6) is 0 Å². The molecule has 1 heterocycles. The highest BCUT2D eigenvalue weighted by atomic mass is 32.2. The first kappa shape index (κ1) is 24.6. The van der Waals surface area contributed by atoms with E-state index in [0.29, 0.717) is 11.8 Å². The number of sulfone groups is 1. The van der Waals surface area contributed by atoms with Gasteiger partial charge in [0.15, 0.2) is 9.84 Å². The number of rotatable bonds is 6. The molecule has 0 aliphatic carbocycles. The van der Waals surface area contributed by atoms with E-state index in [-0.39, 0.29) is 9.79 Å². The highest BCUT2D eigenvalue weighted by Crippen LogP contribution is 2.29. The van der Waals surface area contributed by atoms with E-state index in [2.05, 4.69) is 10.2 Å². The van der Waals surface area contributed by atoms with Crippen molar-refractivity contribution >= 4 is 20.0 Å². The van der Waals surface area contributed by atoms with Crippen molar-refractivity contribution in [1.29, 1.82) is 0 Å². The van der Waals surface area contributed by atoms with Gasteiger partial charge in [0, 0.05) is 17.4 Å². The first-order chi connectivity index (χ1) is 17.6. The van der Waals surface area contributed by atoms with Gasteiger partial charge in [0.1, 0.15) is 0 Å². The number of aromatic nitrogens is 2. The molecule has 10 heteroatoms. The summed E-state index contributed by atoms with van der Waals surface area (Å²) < 4.78 is 60.8. The van der Waals surface area contributed by atoms with Gasteiger partial charge in [0.05, 0.1) is 9.79 Å². The van der Waals surface area contributed by atoms with E-state index in [1.165, 1.54) is 18.4 Å². The average Bonchev–Trinajstić information content (AvgIpc) is 3.39. The van der Waals surface area contributed by atoms with Crippen molar-refractivity contribution in [2.24, 2.45) is 0 Å². The summed E-state index contributed by atoms with van der Waals surface area (Å²) in [5.74, 6) is 0.711. The normalized spacial score (nSPS) is 11.9. The summed E-state index contributed by atoms with van der Waals surface area (Å²) in [5, 5.41) is 8.30. The highest BCUT2D eigenvalue weighted by Gasteiger charge is 2.13. The van der Waals surface area contributed by atoms with Crippen molar-refractivity contribution in [2.75, 3.05) is 6.26 Å². The third-order valence-corrected chi connectivity index (χ3v) is 7.79. The van der Waals surface area contributed by atoms with Gasteiger partial charge >= 0.3 is 0 Å². The summed E-state index contributed by atoms with van der Waals surface area (Å²) >= 11 is 0. The summed E-state index contributed by atoms with van der Waals surface area (Å²) in [4.78, 5) is 0.110. The molecule has 0 unspecified atom stereocenters. The summed E-state index contributed by atoms with van der Waals surface area (Å²) in [6.07, 6.45) is 1.18. The van der Waals surface area contributed by atoms with Crippen LogP contribution in [0.15, 0.2) is 111 Å². The minimum atomic E-state index is -4.24. The van der Waals surface area contributed by atoms with Gasteiger partial charge in [-0.15, -0.1) is 10.2 Å².